The van der Waals surface area contributed by atoms with Crippen LogP contribution in [-0.4, -0.2) is 35.6 Å². The summed E-state index contributed by atoms with van der Waals surface area (Å²) in [7, 11) is 0. The molecule has 0 spiro atoms. The molecule has 144 valence electrons. The first kappa shape index (κ1) is 20.4. The molecule has 2 amide bonds. The molecule has 2 N–H and O–H groups in total. The molecule has 27 heavy (non-hydrogen) atoms. The predicted octanol–water partition coefficient (Wildman–Crippen LogP) is 2.65. The minimum Gasteiger partial charge on any atom is -0.454 e. The zero-order valence-electron chi connectivity index (χ0n) is 14.9. The number of carbonyl (C=O) groups excluding carboxylic acids is 3. The second-order valence-electron chi connectivity index (χ2n) is 5.88. The number of halogens is 1. The smallest absolute Gasteiger partial charge is 0.329 e. The van der Waals surface area contributed by atoms with Crippen LogP contribution in [0.1, 0.15) is 30.6 Å². The molecule has 0 aliphatic carbocycles. The van der Waals surface area contributed by atoms with Crippen LogP contribution < -0.4 is 10.6 Å². The number of hydrogen-bond donors (Lipinski definition) is 2. The number of esters is 1. The van der Waals surface area contributed by atoms with Crippen LogP contribution in [0.4, 0.5) is 5.82 Å². The molecule has 0 unspecified atom stereocenters. The van der Waals surface area contributed by atoms with Crippen molar-refractivity contribution in [1.82, 2.24) is 10.5 Å². The fourth-order valence-corrected chi connectivity index (χ4v) is 2.30. The van der Waals surface area contributed by atoms with Crippen molar-refractivity contribution in [3.63, 3.8) is 0 Å². The summed E-state index contributed by atoms with van der Waals surface area (Å²) in [5, 5.41) is 9.09. The maximum absolute atomic E-state index is 12.4. The number of aromatic nitrogens is 1. The Kier molecular flexibility index (Phi) is 7.36. The summed E-state index contributed by atoms with van der Waals surface area (Å²) in [6.07, 6.45) is 1.93. The lowest BCUT2D eigenvalue weighted by Crippen LogP contribution is -2.46. The van der Waals surface area contributed by atoms with Gasteiger partial charge in [0, 0.05) is 16.7 Å². The molecule has 1 aromatic carbocycles. The molecule has 0 radical (unpaired) electrons. The summed E-state index contributed by atoms with van der Waals surface area (Å²) in [6, 6.07) is 6.85. The Morgan fingerprint density at radius 3 is 2.52 bits per heavy atom. The highest BCUT2D eigenvalue weighted by Crippen LogP contribution is 2.13. The molecule has 0 aliphatic heterocycles. The van der Waals surface area contributed by atoms with Crippen molar-refractivity contribution in [3.8, 4) is 0 Å². The topological polar surface area (TPSA) is 111 Å². The van der Waals surface area contributed by atoms with E-state index in [4.69, 9.17) is 16.3 Å². The minimum atomic E-state index is -0.891. The molecule has 0 saturated heterocycles. The van der Waals surface area contributed by atoms with E-state index in [9.17, 15) is 14.4 Å². The highest BCUT2D eigenvalue weighted by Gasteiger charge is 2.28. The summed E-state index contributed by atoms with van der Waals surface area (Å²) in [5.74, 6) is -1.66. The number of rotatable bonds is 8. The van der Waals surface area contributed by atoms with Crippen molar-refractivity contribution < 1.29 is 23.6 Å². The molecule has 2 rings (SSSR count). The van der Waals surface area contributed by atoms with E-state index in [1.807, 2.05) is 13.8 Å². The first-order valence-corrected chi connectivity index (χ1v) is 8.71. The fourth-order valence-electron chi connectivity index (χ4n) is 2.18. The molecular formula is C18H20ClN3O5. The summed E-state index contributed by atoms with van der Waals surface area (Å²) in [4.78, 5) is 36.6. The maximum atomic E-state index is 12.4. The number of carbonyl (C=O) groups is 3. The highest BCUT2D eigenvalue weighted by molar-refractivity contribution is 6.30. The molecular weight excluding hydrogens is 374 g/mol. The number of anilines is 1. The van der Waals surface area contributed by atoms with Crippen molar-refractivity contribution in [2.24, 2.45) is 5.92 Å². The Morgan fingerprint density at radius 1 is 1.22 bits per heavy atom. The van der Waals surface area contributed by atoms with E-state index in [1.54, 1.807) is 24.3 Å². The average molecular weight is 394 g/mol. The van der Waals surface area contributed by atoms with E-state index in [0.29, 0.717) is 17.0 Å². The Labute approximate surface area is 161 Å². The van der Waals surface area contributed by atoms with Crippen LogP contribution in [0.2, 0.25) is 5.02 Å². The Morgan fingerprint density at radius 2 is 1.93 bits per heavy atom. The summed E-state index contributed by atoms with van der Waals surface area (Å²) >= 11 is 5.81. The third-order valence-electron chi connectivity index (χ3n) is 3.91. The van der Waals surface area contributed by atoms with E-state index in [2.05, 4.69) is 20.3 Å². The minimum absolute atomic E-state index is 0.188. The highest BCUT2D eigenvalue weighted by atomic mass is 35.5. The normalized spacial score (nSPS) is 12.7. The van der Waals surface area contributed by atoms with Gasteiger partial charge in [0.2, 0.25) is 0 Å². The number of benzene rings is 1. The standard InChI is InChI=1S/C18H20ClN3O5/c1-3-11(2)16(21-17(24)12-4-6-13(19)7-5-12)18(25)26-10-15(23)20-14-8-9-27-22-14/h4-9,11,16H,3,10H2,1-2H3,(H,21,24)(H,20,22,23)/t11-,16-/m0/s1. The zero-order chi connectivity index (χ0) is 19.8. The van der Waals surface area contributed by atoms with Gasteiger partial charge in [-0.05, 0) is 30.2 Å². The van der Waals surface area contributed by atoms with E-state index in [-0.39, 0.29) is 11.7 Å². The zero-order valence-corrected chi connectivity index (χ0v) is 15.7. The average Bonchev–Trinajstić information content (AvgIpc) is 3.16. The van der Waals surface area contributed by atoms with Gasteiger partial charge in [-0.3, -0.25) is 9.59 Å². The maximum Gasteiger partial charge on any atom is 0.329 e. The number of hydrogen-bond acceptors (Lipinski definition) is 6. The molecule has 2 aromatic rings. The molecule has 2 atom stereocenters. The van der Waals surface area contributed by atoms with E-state index < -0.39 is 30.4 Å². The lowest BCUT2D eigenvalue weighted by Gasteiger charge is -2.22. The van der Waals surface area contributed by atoms with Crippen LogP contribution >= 0.6 is 11.6 Å². The third kappa shape index (κ3) is 6.10. The lowest BCUT2D eigenvalue weighted by molar-refractivity contribution is -0.150. The quantitative estimate of drug-likeness (QED) is 0.667. The molecule has 1 aromatic heterocycles. The first-order chi connectivity index (χ1) is 12.9. The van der Waals surface area contributed by atoms with Crippen molar-refractivity contribution in [2.75, 3.05) is 11.9 Å². The van der Waals surface area contributed by atoms with E-state index >= 15 is 0 Å². The van der Waals surface area contributed by atoms with Crippen LogP contribution in [0.3, 0.4) is 0 Å². The van der Waals surface area contributed by atoms with Gasteiger partial charge in [0.25, 0.3) is 11.8 Å². The van der Waals surface area contributed by atoms with Crippen LogP contribution in [-0.2, 0) is 14.3 Å². The predicted molar refractivity (Wildman–Crippen MR) is 98.3 cm³/mol. The fraction of sp³-hybridized carbons (Fsp3) is 0.333. The third-order valence-corrected chi connectivity index (χ3v) is 4.16. The van der Waals surface area contributed by atoms with Gasteiger partial charge in [0.1, 0.15) is 12.3 Å². The lowest BCUT2D eigenvalue weighted by atomic mass is 9.99. The Balaban J connectivity index is 1.95. The SMILES string of the molecule is CC[C@H](C)[C@H](NC(=O)c1ccc(Cl)cc1)C(=O)OCC(=O)Nc1ccon1. The van der Waals surface area contributed by atoms with Gasteiger partial charge < -0.3 is 19.9 Å². The van der Waals surface area contributed by atoms with Crippen molar-refractivity contribution in [3.05, 3.63) is 47.2 Å². The Bertz CT molecular complexity index is 777. The monoisotopic (exact) mass is 393 g/mol. The second kappa shape index (κ2) is 9.72. The largest absolute Gasteiger partial charge is 0.454 e. The van der Waals surface area contributed by atoms with Gasteiger partial charge >= 0.3 is 5.97 Å². The number of ether oxygens (including phenoxy) is 1. The summed E-state index contributed by atoms with van der Waals surface area (Å²) in [6.45, 7) is 3.19. The summed E-state index contributed by atoms with van der Waals surface area (Å²) in [5.41, 5.74) is 0.365. The molecule has 9 heteroatoms. The van der Waals surface area contributed by atoms with Crippen LogP contribution in [0.15, 0.2) is 41.1 Å². The molecule has 0 fully saturated rings. The van der Waals surface area contributed by atoms with E-state index in [0.717, 1.165) is 0 Å². The molecule has 8 nitrogen and oxygen atoms in total. The molecule has 0 saturated carbocycles. The second-order valence-corrected chi connectivity index (χ2v) is 6.32. The van der Waals surface area contributed by atoms with Crippen LogP contribution in [0.25, 0.3) is 0 Å². The van der Waals surface area contributed by atoms with Crippen molar-refractivity contribution in [2.45, 2.75) is 26.3 Å². The van der Waals surface area contributed by atoms with Gasteiger partial charge in [-0.15, -0.1) is 0 Å². The Hall–Kier alpha value is -2.87. The molecule has 1 heterocycles. The van der Waals surface area contributed by atoms with Crippen molar-refractivity contribution in [1.29, 1.82) is 0 Å². The van der Waals surface area contributed by atoms with Gasteiger partial charge in [-0.25, -0.2) is 4.79 Å². The molecule has 0 bridgehead atoms. The van der Waals surface area contributed by atoms with Crippen LogP contribution in [0, 0.1) is 5.92 Å². The number of amides is 2. The van der Waals surface area contributed by atoms with E-state index in [1.165, 1.54) is 12.3 Å². The first-order valence-electron chi connectivity index (χ1n) is 8.34. The van der Waals surface area contributed by atoms with Gasteiger partial charge in [0.15, 0.2) is 12.4 Å². The van der Waals surface area contributed by atoms with Gasteiger partial charge in [-0.2, -0.15) is 0 Å². The van der Waals surface area contributed by atoms with Gasteiger partial charge in [-0.1, -0.05) is 37.0 Å². The summed E-state index contributed by atoms with van der Waals surface area (Å²) < 4.78 is 9.64. The van der Waals surface area contributed by atoms with Gasteiger partial charge in [0.05, 0.1) is 0 Å². The number of nitrogens with zero attached hydrogens (tertiary/aromatic N) is 1. The number of nitrogens with one attached hydrogen (secondary N) is 2. The van der Waals surface area contributed by atoms with Crippen LogP contribution in [0.5, 0.6) is 0 Å². The molecule has 0 aliphatic rings. The van der Waals surface area contributed by atoms with Crippen molar-refractivity contribution >= 4 is 35.2 Å².